The van der Waals surface area contributed by atoms with Gasteiger partial charge in [-0.3, -0.25) is 0 Å². The summed E-state index contributed by atoms with van der Waals surface area (Å²) >= 11 is 3.38. The molecule has 1 rings (SSSR count). The van der Waals surface area contributed by atoms with Crippen LogP contribution in [0, 0.1) is 0 Å². The Kier molecular flexibility index (Phi) is 4.62. The molecule has 0 aliphatic carbocycles. The second-order valence-electron chi connectivity index (χ2n) is 3.43. The normalized spacial score (nSPS) is 23.4. The molecule has 4 heteroatoms. The quantitative estimate of drug-likeness (QED) is 0.746. The van der Waals surface area contributed by atoms with Crippen molar-refractivity contribution in [2.45, 2.75) is 6.42 Å². The van der Waals surface area contributed by atoms with Crippen molar-refractivity contribution >= 4 is 22.0 Å². The van der Waals surface area contributed by atoms with Crippen LogP contribution in [0.2, 0.25) is 0 Å². The lowest BCUT2D eigenvalue weighted by molar-refractivity contribution is 0.150. The van der Waals surface area contributed by atoms with Crippen LogP contribution in [0.15, 0.2) is 36.0 Å². The first-order valence-electron chi connectivity index (χ1n) is 4.71. The average molecular weight is 272 g/mol. The van der Waals surface area contributed by atoms with Crippen molar-refractivity contribution in [3.63, 3.8) is 0 Å². The molecule has 82 valence electrons. The number of halogens is 1. The van der Waals surface area contributed by atoms with Crippen LogP contribution in [0.25, 0.3) is 0 Å². The number of alkyl halides is 1. The molecular weight excluding hydrogens is 258 g/mol. The predicted molar refractivity (Wildman–Crippen MR) is 64.4 cm³/mol. The zero-order valence-corrected chi connectivity index (χ0v) is 10.0. The van der Waals surface area contributed by atoms with Gasteiger partial charge in [-0.05, 0) is 12.0 Å². The van der Waals surface area contributed by atoms with E-state index in [1.807, 2.05) is 18.2 Å². The van der Waals surface area contributed by atoms with Gasteiger partial charge in [0, 0.05) is 18.4 Å². The molecule has 0 fully saturated rings. The van der Waals surface area contributed by atoms with Crippen molar-refractivity contribution in [2.75, 3.05) is 18.4 Å². The number of carboxylic acid groups (broad SMARTS) is 1. The van der Waals surface area contributed by atoms with Crippen LogP contribution in [-0.2, 0) is 0 Å². The van der Waals surface area contributed by atoms with E-state index in [9.17, 15) is 4.79 Å². The topological polar surface area (TPSA) is 40.5 Å². The van der Waals surface area contributed by atoms with Crippen LogP contribution in [0.1, 0.15) is 6.42 Å². The fourth-order valence-electron chi connectivity index (χ4n) is 1.33. The summed E-state index contributed by atoms with van der Waals surface area (Å²) in [7, 11) is 0. The zero-order chi connectivity index (χ0) is 11.3. The Balaban J connectivity index is 2.78. The molecule has 15 heavy (non-hydrogen) atoms. The van der Waals surface area contributed by atoms with Gasteiger partial charge in [0.2, 0.25) is 0 Å². The van der Waals surface area contributed by atoms with Crippen molar-refractivity contribution in [1.82, 2.24) is 4.90 Å². The van der Waals surface area contributed by atoms with Gasteiger partial charge in [0.15, 0.2) is 0 Å². The van der Waals surface area contributed by atoms with Crippen LogP contribution in [0.3, 0.4) is 0 Å². The Hall–Kier alpha value is -1.03. The molecule has 1 heterocycles. The second kappa shape index (κ2) is 5.75. The Morgan fingerprint density at radius 1 is 1.67 bits per heavy atom. The smallest absolute Gasteiger partial charge is 0.407 e. The lowest BCUT2D eigenvalue weighted by Crippen LogP contribution is -2.32. The van der Waals surface area contributed by atoms with E-state index in [4.69, 9.17) is 5.11 Å². The maximum atomic E-state index is 10.9. The molecule has 1 aliphatic heterocycles. The summed E-state index contributed by atoms with van der Waals surface area (Å²) in [6, 6.07) is 0. The fourth-order valence-corrected chi connectivity index (χ4v) is 1.80. The minimum Gasteiger partial charge on any atom is -0.465 e. The van der Waals surface area contributed by atoms with E-state index in [1.165, 1.54) is 10.5 Å². The highest BCUT2D eigenvalue weighted by Crippen LogP contribution is 2.11. The van der Waals surface area contributed by atoms with Gasteiger partial charge in [-0.25, -0.2) is 4.79 Å². The average Bonchev–Trinajstić information content (AvgIpc) is 2.28. The number of hydrogen-bond acceptors (Lipinski definition) is 1. The van der Waals surface area contributed by atoms with Crippen LogP contribution >= 0.6 is 15.9 Å². The summed E-state index contributed by atoms with van der Waals surface area (Å²) in [5, 5.41) is 9.73. The molecule has 3 nitrogen and oxygen atoms in total. The molecular formula is C11H14BrNO2. The predicted octanol–water partition coefficient (Wildman–Crippen LogP) is 2.80. The number of amides is 1. The van der Waals surface area contributed by atoms with Gasteiger partial charge in [-0.15, -0.1) is 0 Å². The lowest BCUT2D eigenvalue weighted by atomic mass is 10.2. The van der Waals surface area contributed by atoms with E-state index in [-0.39, 0.29) is 0 Å². The molecule has 0 aromatic heterocycles. The van der Waals surface area contributed by atoms with Crippen molar-refractivity contribution in [2.24, 2.45) is 0 Å². The highest BCUT2D eigenvalue weighted by Gasteiger charge is 2.13. The van der Waals surface area contributed by atoms with E-state index in [0.29, 0.717) is 13.1 Å². The summed E-state index contributed by atoms with van der Waals surface area (Å²) in [6.45, 7) is 4.71. The van der Waals surface area contributed by atoms with Crippen LogP contribution < -0.4 is 0 Å². The summed E-state index contributed by atoms with van der Waals surface area (Å²) in [6.07, 6.45) is 5.65. The highest BCUT2D eigenvalue weighted by molar-refractivity contribution is 9.09. The summed E-state index contributed by atoms with van der Waals surface area (Å²) < 4.78 is 0. The maximum absolute atomic E-state index is 10.9. The van der Waals surface area contributed by atoms with Crippen LogP contribution in [-0.4, -0.2) is 34.5 Å². The standard InChI is InChI=1S/C11H14BrNO2/c1-9-3-2-4-10(7-12)5-6-13(8-9)11(14)15/h2-4H,1,5-8H2,(H,14,15)/b3-2-,10-4+. The van der Waals surface area contributed by atoms with Crippen molar-refractivity contribution in [1.29, 1.82) is 0 Å². The first kappa shape index (κ1) is 12.0. The maximum Gasteiger partial charge on any atom is 0.407 e. The molecule has 0 saturated carbocycles. The van der Waals surface area contributed by atoms with Gasteiger partial charge >= 0.3 is 6.09 Å². The zero-order valence-electron chi connectivity index (χ0n) is 8.45. The molecule has 0 atom stereocenters. The number of rotatable bonds is 1. The van der Waals surface area contributed by atoms with Crippen LogP contribution in [0.5, 0.6) is 0 Å². The van der Waals surface area contributed by atoms with Gasteiger partial charge in [-0.2, -0.15) is 0 Å². The van der Waals surface area contributed by atoms with E-state index < -0.39 is 6.09 Å². The molecule has 0 aromatic carbocycles. The molecule has 0 bridgehead atoms. The molecule has 1 aliphatic rings. The van der Waals surface area contributed by atoms with Gasteiger partial charge in [-0.1, -0.05) is 46.3 Å². The molecule has 0 unspecified atom stereocenters. The van der Waals surface area contributed by atoms with E-state index >= 15 is 0 Å². The largest absolute Gasteiger partial charge is 0.465 e. The second-order valence-corrected chi connectivity index (χ2v) is 3.99. The molecule has 1 amide bonds. The third kappa shape index (κ3) is 3.91. The Bertz CT molecular complexity index is 321. The van der Waals surface area contributed by atoms with E-state index in [1.54, 1.807) is 0 Å². The van der Waals surface area contributed by atoms with E-state index in [0.717, 1.165) is 17.3 Å². The Morgan fingerprint density at radius 2 is 2.40 bits per heavy atom. The third-order valence-corrected chi connectivity index (χ3v) is 2.92. The number of carbonyl (C=O) groups is 1. The van der Waals surface area contributed by atoms with Gasteiger partial charge in [0.25, 0.3) is 0 Å². The van der Waals surface area contributed by atoms with Crippen LogP contribution in [0.4, 0.5) is 4.79 Å². The fraction of sp³-hybridized carbons (Fsp3) is 0.364. The first-order valence-corrected chi connectivity index (χ1v) is 5.83. The Morgan fingerprint density at radius 3 is 3.00 bits per heavy atom. The molecule has 1 N–H and O–H groups in total. The van der Waals surface area contributed by atoms with Crippen molar-refractivity contribution in [3.8, 4) is 0 Å². The summed E-state index contributed by atoms with van der Waals surface area (Å²) in [5.74, 6) is 0. The number of hydrogen-bond donors (Lipinski definition) is 1. The molecule has 0 radical (unpaired) electrons. The number of nitrogens with zero attached hydrogens (tertiary/aromatic N) is 1. The van der Waals surface area contributed by atoms with Crippen molar-refractivity contribution in [3.05, 3.63) is 36.0 Å². The summed E-state index contributed by atoms with van der Waals surface area (Å²) in [4.78, 5) is 12.3. The number of allylic oxidation sites excluding steroid dienone is 2. The minimum atomic E-state index is -0.889. The van der Waals surface area contributed by atoms with Gasteiger partial charge in [0.05, 0.1) is 0 Å². The Labute approximate surface area is 97.9 Å². The minimum absolute atomic E-state index is 0.384. The first-order chi connectivity index (χ1) is 7.13. The summed E-state index contributed by atoms with van der Waals surface area (Å²) in [5.41, 5.74) is 2.00. The van der Waals surface area contributed by atoms with Gasteiger partial charge in [0.1, 0.15) is 0 Å². The monoisotopic (exact) mass is 271 g/mol. The van der Waals surface area contributed by atoms with Crippen molar-refractivity contribution < 1.29 is 9.90 Å². The third-order valence-electron chi connectivity index (χ3n) is 2.20. The lowest BCUT2D eigenvalue weighted by Gasteiger charge is -2.19. The van der Waals surface area contributed by atoms with E-state index in [2.05, 4.69) is 22.5 Å². The molecule has 0 spiro atoms. The molecule has 0 saturated heterocycles. The highest BCUT2D eigenvalue weighted by atomic mass is 79.9. The van der Waals surface area contributed by atoms with Gasteiger partial charge < -0.3 is 10.0 Å². The molecule has 0 aromatic rings. The SMILES string of the molecule is C=C1/C=C\C=C(\CBr)CCN(C(=O)O)C1.